The topological polar surface area (TPSA) is 17.1 Å². The molecule has 1 aromatic rings. The van der Waals surface area contributed by atoms with Crippen LogP contribution in [0.2, 0.25) is 0 Å². The average molecular weight is 375 g/mol. The molecule has 0 fully saturated rings. The second kappa shape index (κ2) is 4.66. The van der Waals surface area contributed by atoms with Crippen molar-refractivity contribution in [3.05, 3.63) is 32.2 Å². The van der Waals surface area contributed by atoms with Crippen LogP contribution in [0.15, 0.2) is 21.1 Å². The molecule has 0 saturated heterocycles. The SMILES string of the molecule is O=C(Br)c1ccc(Br)c(Br)c1CF. The minimum Gasteiger partial charge on any atom is -0.281 e. The summed E-state index contributed by atoms with van der Waals surface area (Å²) in [5, 5.41) is 0. The molecule has 0 radical (unpaired) electrons. The quantitative estimate of drug-likeness (QED) is 0.708. The van der Waals surface area contributed by atoms with Crippen molar-refractivity contribution in [3.8, 4) is 0 Å². The molecule has 0 unspecified atom stereocenters. The lowest BCUT2D eigenvalue weighted by Crippen LogP contribution is -1.96. The van der Waals surface area contributed by atoms with E-state index in [2.05, 4.69) is 47.8 Å². The molecule has 0 aromatic heterocycles. The third kappa shape index (κ3) is 2.39. The molecule has 0 heterocycles. The summed E-state index contributed by atoms with van der Waals surface area (Å²) in [5.41, 5.74) is 0.703. The van der Waals surface area contributed by atoms with Crippen LogP contribution in [0.4, 0.5) is 4.39 Å². The number of alkyl halides is 1. The van der Waals surface area contributed by atoms with Crippen LogP contribution in [0.25, 0.3) is 0 Å². The predicted octanol–water partition coefficient (Wildman–Crippen LogP) is 4.22. The fourth-order valence-corrected chi connectivity index (χ4v) is 2.10. The Balaban J connectivity index is 3.38. The molecule has 0 aliphatic rings. The van der Waals surface area contributed by atoms with Crippen LogP contribution < -0.4 is 0 Å². The molecule has 0 atom stereocenters. The highest BCUT2D eigenvalue weighted by atomic mass is 79.9. The van der Waals surface area contributed by atoms with Crippen molar-refractivity contribution in [2.45, 2.75) is 6.67 Å². The van der Waals surface area contributed by atoms with Crippen LogP contribution in [0, 0.1) is 0 Å². The predicted molar refractivity (Wildman–Crippen MR) is 59.9 cm³/mol. The van der Waals surface area contributed by atoms with Gasteiger partial charge in [0.2, 0.25) is 4.69 Å². The van der Waals surface area contributed by atoms with E-state index in [9.17, 15) is 9.18 Å². The van der Waals surface area contributed by atoms with Crippen molar-refractivity contribution in [1.82, 2.24) is 0 Å². The zero-order chi connectivity index (χ0) is 10.0. The van der Waals surface area contributed by atoms with E-state index in [4.69, 9.17) is 0 Å². The van der Waals surface area contributed by atoms with Crippen LogP contribution in [-0.2, 0) is 6.67 Å². The standard InChI is InChI=1S/C8H4Br3FO/c9-6-2-1-4(8(11)13)5(3-12)7(6)10/h1-2H,3H2. The van der Waals surface area contributed by atoms with Gasteiger partial charge in [0.1, 0.15) is 6.67 Å². The fraction of sp³-hybridized carbons (Fsp3) is 0.125. The number of hydrogen-bond acceptors (Lipinski definition) is 1. The fourth-order valence-electron chi connectivity index (χ4n) is 0.907. The molecule has 0 bridgehead atoms. The lowest BCUT2D eigenvalue weighted by atomic mass is 10.1. The summed E-state index contributed by atoms with van der Waals surface area (Å²) in [5.74, 6) is 0. The summed E-state index contributed by atoms with van der Waals surface area (Å²) in [6, 6.07) is 3.26. The maximum absolute atomic E-state index is 12.6. The van der Waals surface area contributed by atoms with Crippen LogP contribution in [-0.4, -0.2) is 4.69 Å². The van der Waals surface area contributed by atoms with Crippen molar-refractivity contribution in [2.75, 3.05) is 0 Å². The van der Waals surface area contributed by atoms with E-state index in [1.54, 1.807) is 12.1 Å². The normalized spacial score (nSPS) is 10.2. The Morgan fingerprint density at radius 3 is 2.46 bits per heavy atom. The number of benzene rings is 1. The second-order valence-corrected chi connectivity index (χ2v) is 4.66. The molecule has 0 aliphatic heterocycles. The first-order chi connectivity index (χ1) is 6.07. The highest BCUT2D eigenvalue weighted by Crippen LogP contribution is 2.30. The van der Waals surface area contributed by atoms with Gasteiger partial charge in [-0.1, -0.05) is 0 Å². The minimum atomic E-state index is -0.674. The van der Waals surface area contributed by atoms with E-state index in [-0.39, 0.29) is 4.69 Å². The van der Waals surface area contributed by atoms with Crippen molar-refractivity contribution >= 4 is 52.5 Å². The monoisotopic (exact) mass is 372 g/mol. The summed E-state index contributed by atoms with van der Waals surface area (Å²) in [7, 11) is 0. The Morgan fingerprint density at radius 1 is 1.38 bits per heavy atom. The molecule has 0 N–H and O–H groups in total. The number of carbonyl (C=O) groups is 1. The molecular weight excluding hydrogens is 371 g/mol. The summed E-state index contributed by atoms with van der Waals surface area (Å²) in [4.78, 5) is 11.0. The van der Waals surface area contributed by atoms with E-state index in [1.165, 1.54) is 0 Å². The van der Waals surface area contributed by atoms with Gasteiger partial charge < -0.3 is 0 Å². The highest BCUT2D eigenvalue weighted by Gasteiger charge is 2.13. The molecule has 1 nitrogen and oxygen atoms in total. The number of carbonyl (C=O) groups excluding carboxylic acids is 1. The van der Waals surface area contributed by atoms with Gasteiger partial charge in [-0.2, -0.15) is 0 Å². The van der Waals surface area contributed by atoms with Gasteiger partial charge in [-0.3, -0.25) is 4.79 Å². The smallest absolute Gasteiger partial charge is 0.228 e. The number of rotatable bonds is 2. The molecule has 0 amide bonds. The first-order valence-electron chi connectivity index (χ1n) is 3.30. The Kier molecular flexibility index (Phi) is 4.06. The zero-order valence-corrected chi connectivity index (χ0v) is 11.0. The van der Waals surface area contributed by atoms with Gasteiger partial charge in [0.05, 0.1) is 0 Å². The van der Waals surface area contributed by atoms with Gasteiger partial charge in [0.25, 0.3) is 0 Å². The van der Waals surface area contributed by atoms with Crippen molar-refractivity contribution in [1.29, 1.82) is 0 Å². The molecule has 1 aromatic carbocycles. The van der Waals surface area contributed by atoms with Gasteiger partial charge >= 0.3 is 0 Å². The van der Waals surface area contributed by atoms with Crippen LogP contribution in [0.5, 0.6) is 0 Å². The van der Waals surface area contributed by atoms with E-state index in [1.807, 2.05) is 0 Å². The van der Waals surface area contributed by atoms with E-state index >= 15 is 0 Å². The molecule has 1 rings (SSSR count). The third-order valence-electron chi connectivity index (χ3n) is 1.54. The summed E-state index contributed by atoms with van der Waals surface area (Å²) in [6.45, 7) is -0.674. The molecule has 70 valence electrons. The molecule has 5 heteroatoms. The molecule has 0 saturated carbocycles. The first kappa shape index (κ1) is 11.3. The summed E-state index contributed by atoms with van der Waals surface area (Å²) in [6.07, 6.45) is 0. The van der Waals surface area contributed by atoms with E-state index in [0.717, 1.165) is 4.47 Å². The van der Waals surface area contributed by atoms with Crippen molar-refractivity contribution in [2.24, 2.45) is 0 Å². The van der Waals surface area contributed by atoms with Gasteiger partial charge in [0.15, 0.2) is 0 Å². The molecular formula is C8H4Br3FO. The lowest BCUT2D eigenvalue weighted by molar-refractivity contribution is 0.109. The number of halogens is 4. The highest BCUT2D eigenvalue weighted by molar-refractivity contribution is 9.18. The first-order valence-corrected chi connectivity index (χ1v) is 5.68. The van der Waals surface area contributed by atoms with Gasteiger partial charge in [0, 0.05) is 20.1 Å². The largest absolute Gasteiger partial charge is 0.281 e. The maximum atomic E-state index is 12.6. The van der Waals surface area contributed by atoms with Crippen LogP contribution in [0.1, 0.15) is 15.9 Å². The molecule has 0 spiro atoms. The molecule has 13 heavy (non-hydrogen) atoms. The molecule has 0 aliphatic carbocycles. The van der Waals surface area contributed by atoms with Crippen molar-refractivity contribution < 1.29 is 9.18 Å². The average Bonchev–Trinajstić information content (AvgIpc) is 2.09. The summed E-state index contributed by atoms with van der Waals surface area (Å²) < 4.78 is 13.6. The van der Waals surface area contributed by atoms with Crippen LogP contribution >= 0.6 is 47.8 Å². The Labute approximate surface area is 100 Å². The van der Waals surface area contributed by atoms with E-state index in [0.29, 0.717) is 15.6 Å². The Bertz CT molecular complexity index is 351. The third-order valence-corrected chi connectivity index (χ3v) is 4.07. The van der Waals surface area contributed by atoms with Crippen LogP contribution in [0.3, 0.4) is 0 Å². The van der Waals surface area contributed by atoms with E-state index < -0.39 is 6.67 Å². The summed E-state index contributed by atoms with van der Waals surface area (Å²) >= 11 is 9.22. The minimum absolute atomic E-state index is 0.312. The second-order valence-electron chi connectivity index (χ2n) is 2.29. The van der Waals surface area contributed by atoms with Crippen molar-refractivity contribution in [3.63, 3.8) is 0 Å². The lowest BCUT2D eigenvalue weighted by Gasteiger charge is -2.06. The van der Waals surface area contributed by atoms with Gasteiger partial charge in [-0.15, -0.1) is 0 Å². The van der Waals surface area contributed by atoms with Gasteiger partial charge in [-0.25, -0.2) is 4.39 Å². The number of hydrogen-bond donors (Lipinski definition) is 0. The maximum Gasteiger partial charge on any atom is 0.228 e. The Hall–Kier alpha value is 0.260. The zero-order valence-electron chi connectivity index (χ0n) is 6.28. The van der Waals surface area contributed by atoms with Gasteiger partial charge in [-0.05, 0) is 59.9 Å². The Morgan fingerprint density at radius 2 is 2.00 bits per heavy atom.